The third kappa shape index (κ3) is 3.64. The second-order valence-corrected chi connectivity index (χ2v) is 6.88. The Morgan fingerprint density at radius 2 is 2.04 bits per heavy atom. The molecule has 142 valence electrons. The van der Waals surface area contributed by atoms with Crippen LogP contribution in [0.5, 0.6) is 5.75 Å². The van der Waals surface area contributed by atoms with Gasteiger partial charge in [-0.25, -0.2) is 9.97 Å². The average Bonchev–Trinajstić information content (AvgIpc) is 2.73. The first-order valence-corrected chi connectivity index (χ1v) is 9.36. The summed E-state index contributed by atoms with van der Waals surface area (Å²) in [5, 5.41) is 3.27. The van der Waals surface area contributed by atoms with Crippen molar-refractivity contribution >= 4 is 34.7 Å². The van der Waals surface area contributed by atoms with Gasteiger partial charge in [0.25, 0.3) is 5.91 Å². The van der Waals surface area contributed by atoms with Crippen LogP contribution in [0.3, 0.4) is 0 Å². The van der Waals surface area contributed by atoms with Gasteiger partial charge in [0.05, 0.1) is 25.2 Å². The monoisotopic (exact) mass is 394 g/mol. The van der Waals surface area contributed by atoms with Crippen LogP contribution >= 0.6 is 11.6 Å². The maximum Gasteiger partial charge on any atom is 0.275 e. The lowest BCUT2D eigenvalue weighted by atomic mass is 10.0. The number of rotatable bonds is 4. The van der Waals surface area contributed by atoms with Crippen molar-refractivity contribution in [1.29, 1.82) is 0 Å². The zero-order valence-electron chi connectivity index (χ0n) is 15.4. The van der Waals surface area contributed by atoms with E-state index in [2.05, 4.69) is 32.3 Å². The van der Waals surface area contributed by atoms with Crippen LogP contribution in [-0.4, -0.2) is 29.5 Å². The van der Waals surface area contributed by atoms with Crippen LogP contribution in [0.4, 0.5) is 17.2 Å². The Kier molecular flexibility index (Phi) is 5.12. The molecule has 3 aromatic rings. The van der Waals surface area contributed by atoms with Crippen molar-refractivity contribution in [2.24, 2.45) is 0 Å². The summed E-state index contributed by atoms with van der Waals surface area (Å²) in [4.78, 5) is 23.5. The van der Waals surface area contributed by atoms with Gasteiger partial charge in [0.2, 0.25) is 0 Å². The van der Waals surface area contributed by atoms with Crippen molar-refractivity contribution in [2.75, 3.05) is 23.9 Å². The van der Waals surface area contributed by atoms with Crippen molar-refractivity contribution < 1.29 is 9.53 Å². The Bertz CT molecular complexity index is 1010. The summed E-state index contributed by atoms with van der Waals surface area (Å²) in [7, 11) is 1.53. The van der Waals surface area contributed by atoms with Gasteiger partial charge in [-0.05, 0) is 42.7 Å². The van der Waals surface area contributed by atoms with Gasteiger partial charge in [-0.3, -0.25) is 4.79 Å². The number of para-hydroxylation sites is 1. The number of benzene rings is 2. The van der Waals surface area contributed by atoms with E-state index in [4.69, 9.17) is 16.3 Å². The van der Waals surface area contributed by atoms with Gasteiger partial charge in [0, 0.05) is 17.3 Å². The zero-order valence-corrected chi connectivity index (χ0v) is 16.1. The van der Waals surface area contributed by atoms with Gasteiger partial charge in [0.1, 0.15) is 11.4 Å². The molecule has 7 heteroatoms. The molecule has 0 bridgehead atoms. The van der Waals surface area contributed by atoms with Crippen LogP contribution < -0.4 is 15.0 Å². The Morgan fingerprint density at radius 3 is 2.82 bits per heavy atom. The first-order valence-electron chi connectivity index (χ1n) is 8.98. The Labute approximate surface area is 168 Å². The van der Waals surface area contributed by atoms with E-state index >= 15 is 0 Å². The van der Waals surface area contributed by atoms with Crippen LogP contribution in [-0.2, 0) is 6.42 Å². The fourth-order valence-corrected chi connectivity index (χ4v) is 3.49. The number of hydrogen-bond acceptors (Lipinski definition) is 5. The second kappa shape index (κ2) is 7.86. The van der Waals surface area contributed by atoms with Gasteiger partial charge in [-0.1, -0.05) is 29.8 Å². The smallest absolute Gasteiger partial charge is 0.275 e. The molecule has 2 aromatic carbocycles. The molecule has 1 aliphatic rings. The third-order valence-corrected chi connectivity index (χ3v) is 4.90. The number of hydrogen-bond donors (Lipinski definition) is 1. The van der Waals surface area contributed by atoms with E-state index in [1.54, 1.807) is 24.4 Å². The first kappa shape index (κ1) is 18.3. The number of aryl methyl sites for hydroxylation is 1. The van der Waals surface area contributed by atoms with Crippen molar-refractivity contribution in [3.05, 3.63) is 71.1 Å². The number of nitrogens with zero attached hydrogens (tertiary/aromatic N) is 3. The largest absolute Gasteiger partial charge is 0.495 e. The number of ether oxygens (including phenoxy) is 1. The summed E-state index contributed by atoms with van der Waals surface area (Å²) in [5.74, 6) is 0.870. The average molecular weight is 395 g/mol. The molecule has 1 amide bonds. The minimum atomic E-state index is -0.376. The molecule has 0 aliphatic carbocycles. The molecular formula is C21H19ClN4O2. The van der Waals surface area contributed by atoms with Crippen LogP contribution in [0.15, 0.2) is 54.9 Å². The highest BCUT2D eigenvalue weighted by Gasteiger charge is 2.20. The molecule has 2 heterocycles. The van der Waals surface area contributed by atoms with Crippen LogP contribution in [0.2, 0.25) is 5.02 Å². The predicted molar refractivity (Wildman–Crippen MR) is 110 cm³/mol. The SMILES string of the molecule is COc1ccc(Cl)cc1NC(=O)c1cnc(N2CCCc3ccccc32)cn1. The van der Waals surface area contributed by atoms with Crippen molar-refractivity contribution in [1.82, 2.24) is 9.97 Å². The molecule has 1 aromatic heterocycles. The maximum atomic E-state index is 12.6. The van der Waals surface area contributed by atoms with E-state index in [9.17, 15) is 4.79 Å². The van der Waals surface area contributed by atoms with Crippen LogP contribution in [0.1, 0.15) is 22.5 Å². The fourth-order valence-electron chi connectivity index (χ4n) is 3.31. The highest BCUT2D eigenvalue weighted by Crippen LogP contribution is 2.32. The summed E-state index contributed by atoms with van der Waals surface area (Å²) in [6.45, 7) is 0.872. The molecule has 4 rings (SSSR count). The lowest BCUT2D eigenvalue weighted by Crippen LogP contribution is -2.25. The Hall–Kier alpha value is -3.12. The predicted octanol–water partition coefficient (Wildman–Crippen LogP) is 4.48. The van der Waals surface area contributed by atoms with Gasteiger partial charge in [0.15, 0.2) is 5.82 Å². The highest BCUT2D eigenvalue weighted by atomic mass is 35.5. The lowest BCUT2D eigenvalue weighted by Gasteiger charge is -2.30. The minimum absolute atomic E-state index is 0.219. The number of carbonyl (C=O) groups excluding carboxylic acids is 1. The van der Waals surface area contributed by atoms with Gasteiger partial charge in [-0.2, -0.15) is 0 Å². The third-order valence-electron chi connectivity index (χ3n) is 4.67. The molecule has 0 spiro atoms. The zero-order chi connectivity index (χ0) is 19.5. The summed E-state index contributed by atoms with van der Waals surface area (Å²) in [5.41, 5.74) is 3.14. The first-order chi connectivity index (χ1) is 13.7. The minimum Gasteiger partial charge on any atom is -0.495 e. The fraction of sp³-hybridized carbons (Fsp3) is 0.190. The van der Waals surface area contributed by atoms with Crippen molar-refractivity contribution in [3.63, 3.8) is 0 Å². The van der Waals surface area contributed by atoms with Gasteiger partial charge in [-0.15, -0.1) is 0 Å². The topological polar surface area (TPSA) is 67.3 Å². The van der Waals surface area contributed by atoms with E-state index in [-0.39, 0.29) is 11.6 Å². The van der Waals surface area contributed by atoms with E-state index in [1.165, 1.54) is 18.9 Å². The lowest BCUT2D eigenvalue weighted by molar-refractivity contribution is 0.102. The summed E-state index contributed by atoms with van der Waals surface area (Å²) >= 11 is 6.01. The Balaban J connectivity index is 1.54. The van der Waals surface area contributed by atoms with E-state index in [1.807, 2.05) is 12.1 Å². The normalized spacial score (nSPS) is 13.0. The van der Waals surface area contributed by atoms with Gasteiger partial charge < -0.3 is 15.0 Å². The van der Waals surface area contributed by atoms with Crippen molar-refractivity contribution in [3.8, 4) is 5.75 Å². The second-order valence-electron chi connectivity index (χ2n) is 6.44. The molecule has 0 saturated carbocycles. The highest BCUT2D eigenvalue weighted by molar-refractivity contribution is 6.31. The van der Waals surface area contributed by atoms with E-state index < -0.39 is 0 Å². The van der Waals surface area contributed by atoms with E-state index in [0.29, 0.717) is 16.5 Å². The van der Waals surface area contributed by atoms with E-state index in [0.717, 1.165) is 30.9 Å². The molecule has 28 heavy (non-hydrogen) atoms. The number of carbonyl (C=O) groups is 1. The molecule has 0 unspecified atom stereocenters. The summed E-state index contributed by atoms with van der Waals surface area (Å²) in [6.07, 6.45) is 5.22. The number of amides is 1. The van der Waals surface area contributed by atoms with Crippen LogP contribution in [0.25, 0.3) is 0 Å². The number of nitrogens with one attached hydrogen (secondary N) is 1. The summed E-state index contributed by atoms with van der Waals surface area (Å²) < 4.78 is 5.25. The molecule has 0 atom stereocenters. The molecular weight excluding hydrogens is 376 g/mol. The Morgan fingerprint density at radius 1 is 1.18 bits per heavy atom. The van der Waals surface area contributed by atoms with Crippen LogP contribution in [0, 0.1) is 0 Å². The molecule has 1 N–H and O–H groups in total. The number of methoxy groups -OCH3 is 1. The maximum absolute atomic E-state index is 12.6. The molecule has 1 aliphatic heterocycles. The molecule has 6 nitrogen and oxygen atoms in total. The molecule has 0 radical (unpaired) electrons. The van der Waals surface area contributed by atoms with Gasteiger partial charge >= 0.3 is 0 Å². The standard InChI is InChI=1S/C21H19ClN4O2/c1-28-19-9-8-15(22)11-16(19)25-21(27)17-12-24-20(13-23-17)26-10-4-6-14-5-2-3-7-18(14)26/h2-3,5,7-9,11-13H,4,6,10H2,1H3,(H,25,27). The molecule has 0 fully saturated rings. The molecule has 0 saturated heterocycles. The number of aromatic nitrogens is 2. The number of fused-ring (bicyclic) bond motifs is 1. The number of halogens is 1. The number of anilines is 3. The summed E-state index contributed by atoms with van der Waals surface area (Å²) in [6, 6.07) is 13.3. The van der Waals surface area contributed by atoms with Crippen molar-refractivity contribution in [2.45, 2.75) is 12.8 Å². The quantitative estimate of drug-likeness (QED) is 0.706.